The molecule has 1 aromatic rings. The molecule has 1 amide bonds. The molecule has 0 aliphatic carbocycles. The molecule has 0 spiro atoms. The number of carbonyl (C=O) groups is 2. The predicted molar refractivity (Wildman–Crippen MR) is 93.5 cm³/mol. The van der Waals surface area contributed by atoms with Crippen LogP contribution in [0.5, 0.6) is 0 Å². The Bertz CT molecular complexity index is 662. The van der Waals surface area contributed by atoms with Crippen molar-refractivity contribution >= 4 is 11.9 Å². The summed E-state index contributed by atoms with van der Waals surface area (Å²) in [5, 5.41) is 11.7. The summed E-state index contributed by atoms with van der Waals surface area (Å²) in [6.45, 7) is 9.87. The molecular formula is C18H28N2O4. The van der Waals surface area contributed by atoms with Gasteiger partial charge in [-0.1, -0.05) is 34.1 Å². The van der Waals surface area contributed by atoms with Crippen LogP contribution in [0.1, 0.15) is 62.2 Å². The van der Waals surface area contributed by atoms with Crippen molar-refractivity contribution in [1.29, 1.82) is 0 Å². The molecule has 24 heavy (non-hydrogen) atoms. The highest BCUT2D eigenvalue weighted by Crippen LogP contribution is 2.11. The van der Waals surface area contributed by atoms with Crippen molar-refractivity contribution < 1.29 is 14.7 Å². The Labute approximate surface area is 142 Å². The van der Waals surface area contributed by atoms with Crippen LogP contribution in [0.4, 0.5) is 0 Å². The minimum Gasteiger partial charge on any atom is -0.480 e. The number of amides is 1. The van der Waals surface area contributed by atoms with Crippen LogP contribution in [0, 0.1) is 12.8 Å². The van der Waals surface area contributed by atoms with E-state index < -0.39 is 17.9 Å². The van der Waals surface area contributed by atoms with Gasteiger partial charge in [0.15, 0.2) is 0 Å². The third kappa shape index (κ3) is 4.46. The first kappa shape index (κ1) is 19.9. The number of carboxylic acid groups (broad SMARTS) is 1. The Morgan fingerprint density at radius 3 is 2.38 bits per heavy atom. The van der Waals surface area contributed by atoms with Gasteiger partial charge < -0.3 is 15.0 Å². The van der Waals surface area contributed by atoms with E-state index >= 15 is 0 Å². The number of aryl methyl sites for hydroxylation is 1. The molecular weight excluding hydrogens is 308 g/mol. The van der Waals surface area contributed by atoms with Crippen LogP contribution in [-0.4, -0.2) is 27.6 Å². The molecule has 1 atom stereocenters. The van der Waals surface area contributed by atoms with Gasteiger partial charge in [-0.3, -0.25) is 9.59 Å². The van der Waals surface area contributed by atoms with E-state index in [-0.39, 0.29) is 17.0 Å². The first-order valence-electron chi connectivity index (χ1n) is 8.51. The lowest BCUT2D eigenvalue weighted by Crippen LogP contribution is -2.46. The smallest absolute Gasteiger partial charge is 0.326 e. The molecule has 6 heteroatoms. The second-order valence-corrected chi connectivity index (χ2v) is 6.39. The number of aliphatic carboxylic acids is 1. The summed E-state index contributed by atoms with van der Waals surface area (Å²) in [7, 11) is 0. The molecule has 0 aromatic carbocycles. The number of rotatable bonds is 8. The Morgan fingerprint density at radius 2 is 1.92 bits per heavy atom. The van der Waals surface area contributed by atoms with Crippen molar-refractivity contribution in [3.8, 4) is 0 Å². The van der Waals surface area contributed by atoms with E-state index in [1.807, 2.05) is 20.8 Å². The summed E-state index contributed by atoms with van der Waals surface area (Å²) in [6, 6.07) is 0.546. The van der Waals surface area contributed by atoms with Crippen LogP contribution < -0.4 is 10.9 Å². The fraction of sp³-hybridized carbons (Fsp3) is 0.611. The van der Waals surface area contributed by atoms with Crippen molar-refractivity contribution in [2.75, 3.05) is 0 Å². The molecule has 0 saturated carbocycles. The van der Waals surface area contributed by atoms with E-state index in [0.29, 0.717) is 13.0 Å². The molecule has 0 radical (unpaired) electrons. The number of nitrogens with one attached hydrogen (secondary N) is 1. The van der Waals surface area contributed by atoms with E-state index in [2.05, 4.69) is 5.32 Å². The van der Waals surface area contributed by atoms with E-state index in [0.717, 1.165) is 24.1 Å². The van der Waals surface area contributed by atoms with Gasteiger partial charge in [-0.2, -0.15) is 0 Å². The lowest BCUT2D eigenvalue weighted by atomic mass is 10.0. The lowest BCUT2D eigenvalue weighted by Gasteiger charge is -2.20. The molecule has 0 aliphatic heterocycles. The average molecular weight is 336 g/mol. The lowest BCUT2D eigenvalue weighted by molar-refractivity contribution is -0.140. The number of pyridine rings is 1. The second kappa shape index (κ2) is 8.66. The zero-order valence-corrected chi connectivity index (χ0v) is 15.2. The van der Waals surface area contributed by atoms with Gasteiger partial charge in [0.1, 0.15) is 11.6 Å². The van der Waals surface area contributed by atoms with Gasteiger partial charge in [0.25, 0.3) is 11.5 Å². The van der Waals surface area contributed by atoms with Gasteiger partial charge in [0, 0.05) is 12.2 Å². The van der Waals surface area contributed by atoms with Crippen LogP contribution in [0.2, 0.25) is 0 Å². The highest BCUT2D eigenvalue weighted by molar-refractivity contribution is 5.96. The van der Waals surface area contributed by atoms with E-state index in [4.69, 9.17) is 0 Å². The largest absolute Gasteiger partial charge is 0.480 e. The summed E-state index contributed by atoms with van der Waals surface area (Å²) < 4.78 is 1.65. The van der Waals surface area contributed by atoms with Crippen LogP contribution in [0.25, 0.3) is 0 Å². The van der Waals surface area contributed by atoms with Crippen LogP contribution >= 0.6 is 0 Å². The second-order valence-electron chi connectivity index (χ2n) is 6.39. The first-order chi connectivity index (χ1) is 11.2. The summed E-state index contributed by atoms with van der Waals surface area (Å²) in [6.07, 6.45) is 2.50. The van der Waals surface area contributed by atoms with Gasteiger partial charge in [0.05, 0.1) is 0 Å². The maximum absolute atomic E-state index is 12.7. The molecule has 0 aliphatic rings. The zero-order valence-electron chi connectivity index (χ0n) is 15.2. The molecule has 2 N–H and O–H groups in total. The van der Waals surface area contributed by atoms with Crippen molar-refractivity contribution in [3.05, 3.63) is 33.2 Å². The molecule has 6 nitrogen and oxygen atoms in total. The molecule has 134 valence electrons. The van der Waals surface area contributed by atoms with Gasteiger partial charge in [0.2, 0.25) is 0 Å². The van der Waals surface area contributed by atoms with Gasteiger partial charge in [-0.15, -0.1) is 0 Å². The molecule has 0 unspecified atom stereocenters. The minimum atomic E-state index is -1.11. The highest BCUT2D eigenvalue weighted by Gasteiger charge is 2.26. The molecule has 0 fully saturated rings. The Morgan fingerprint density at radius 1 is 1.29 bits per heavy atom. The van der Waals surface area contributed by atoms with Crippen molar-refractivity contribution in [3.63, 3.8) is 0 Å². The fourth-order valence-electron chi connectivity index (χ4n) is 2.76. The summed E-state index contributed by atoms with van der Waals surface area (Å²) in [5.74, 6) is -2.01. The number of carboxylic acids is 1. The normalized spacial score (nSPS) is 12.2. The Hall–Kier alpha value is -2.11. The van der Waals surface area contributed by atoms with E-state index in [1.165, 1.54) is 0 Å². The fourth-order valence-corrected chi connectivity index (χ4v) is 2.76. The third-order valence-corrected chi connectivity index (χ3v) is 4.15. The number of nitrogens with zero attached hydrogens (tertiary/aromatic N) is 1. The van der Waals surface area contributed by atoms with Crippen LogP contribution in [-0.2, 0) is 17.8 Å². The van der Waals surface area contributed by atoms with E-state index in [9.17, 15) is 19.5 Å². The summed E-state index contributed by atoms with van der Waals surface area (Å²) in [5.41, 5.74) is 1.45. The topological polar surface area (TPSA) is 88.4 Å². The van der Waals surface area contributed by atoms with Gasteiger partial charge >= 0.3 is 5.97 Å². The van der Waals surface area contributed by atoms with Crippen LogP contribution in [0.3, 0.4) is 0 Å². The predicted octanol–water partition coefficient (Wildman–Crippen LogP) is 2.36. The molecule has 0 saturated heterocycles. The first-order valence-corrected chi connectivity index (χ1v) is 8.51. The maximum atomic E-state index is 12.7. The van der Waals surface area contributed by atoms with Gasteiger partial charge in [-0.25, -0.2) is 4.79 Å². The number of hydrogen-bond donors (Lipinski definition) is 2. The van der Waals surface area contributed by atoms with Crippen LogP contribution in [0.15, 0.2) is 10.9 Å². The summed E-state index contributed by atoms with van der Waals surface area (Å²) >= 11 is 0. The maximum Gasteiger partial charge on any atom is 0.326 e. The van der Waals surface area contributed by atoms with E-state index in [1.54, 1.807) is 24.5 Å². The number of unbranched alkanes of at least 4 members (excludes halogenated alkanes) is 1. The Kier molecular flexibility index (Phi) is 7.19. The molecule has 1 heterocycles. The molecule has 1 aromatic heterocycles. The average Bonchev–Trinajstić information content (AvgIpc) is 2.51. The standard InChI is InChI=1S/C18H28N2O4/c1-6-8-9-20-14(7-2)12(5)10-13(17(20)22)16(21)19-15(11(3)4)18(23)24/h10-11,15H,6-9H2,1-5H3,(H,19,21)(H,23,24)/t15-/m1/s1. The molecule has 1 rings (SSSR count). The SMILES string of the molecule is CCCCn1c(CC)c(C)cc(C(=O)N[C@@H](C(=O)O)C(C)C)c1=O. The Balaban J connectivity index is 3.28. The van der Waals surface area contributed by atoms with Crippen molar-refractivity contribution in [1.82, 2.24) is 9.88 Å². The quantitative estimate of drug-likeness (QED) is 0.763. The number of carbonyl (C=O) groups excluding carboxylic acids is 1. The minimum absolute atomic E-state index is 0.00713. The van der Waals surface area contributed by atoms with Crippen molar-refractivity contribution in [2.24, 2.45) is 5.92 Å². The van der Waals surface area contributed by atoms with Gasteiger partial charge in [-0.05, 0) is 37.3 Å². The number of hydrogen-bond acceptors (Lipinski definition) is 3. The third-order valence-electron chi connectivity index (χ3n) is 4.15. The summed E-state index contributed by atoms with van der Waals surface area (Å²) in [4.78, 5) is 36.5. The monoisotopic (exact) mass is 336 g/mol. The highest BCUT2D eigenvalue weighted by atomic mass is 16.4. The molecule has 0 bridgehead atoms. The zero-order chi connectivity index (χ0) is 18.4. The number of aromatic nitrogens is 1. The van der Waals surface area contributed by atoms with Crippen molar-refractivity contribution in [2.45, 2.75) is 66.5 Å².